The predicted molar refractivity (Wildman–Crippen MR) is 70.5 cm³/mol. The number of hydrogen-bond acceptors (Lipinski definition) is 3. The van der Waals surface area contributed by atoms with Gasteiger partial charge in [-0.2, -0.15) is 0 Å². The van der Waals surface area contributed by atoms with Crippen molar-refractivity contribution >= 4 is 5.97 Å². The zero-order chi connectivity index (χ0) is 13.8. The topological polar surface area (TPSA) is 75.3 Å². The van der Waals surface area contributed by atoms with Gasteiger partial charge < -0.3 is 14.8 Å². The average Bonchev–Trinajstić information content (AvgIpc) is 2.82. The van der Waals surface area contributed by atoms with E-state index in [4.69, 9.17) is 5.11 Å². The molecule has 5 heteroatoms. The summed E-state index contributed by atoms with van der Waals surface area (Å²) in [4.78, 5) is 15.0. The molecule has 0 radical (unpaired) electrons. The maximum atomic E-state index is 10.7. The lowest BCUT2D eigenvalue weighted by atomic mass is 9.96. The number of hydrogen-bond donors (Lipinski definition) is 2. The maximum absolute atomic E-state index is 10.7. The van der Waals surface area contributed by atoms with Gasteiger partial charge in [-0.3, -0.25) is 4.79 Å². The van der Waals surface area contributed by atoms with Crippen LogP contribution in [0.3, 0.4) is 0 Å². The molecule has 0 aliphatic rings. The number of carbonyl (C=O) groups is 1. The van der Waals surface area contributed by atoms with Gasteiger partial charge in [0, 0.05) is 25.2 Å². The van der Waals surface area contributed by atoms with Gasteiger partial charge in [0.05, 0.1) is 18.6 Å². The number of carboxylic acids is 1. The van der Waals surface area contributed by atoms with Crippen molar-refractivity contribution in [1.82, 2.24) is 9.55 Å². The third-order valence-electron chi connectivity index (χ3n) is 2.98. The van der Waals surface area contributed by atoms with E-state index in [1.54, 1.807) is 6.33 Å². The molecule has 0 aliphatic carbocycles. The van der Waals surface area contributed by atoms with Crippen molar-refractivity contribution in [2.75, 3.05) is 0 Å². The Kier molecular flexibility index (Phi) is 3.97. The third-order valence-corrected chi connectivity index (χ3v) is 2.98. The quantitative estimate of drug-likeness (QED) is 0.856. The molecule has 0 fully saturated rings. The first kappa shape index (κ1) is 13.3. The molecule has 100 valence electrons. The molecule has 0 bridgehead atoms. The molecule has 0 saturated carbocycles. The van der Waals surface area contributed by atoms with Gasteiger partial charge in [0.15, 0.2) is 0 Å². The second-order valence-corrected chi connectivity index (χ2v) is 4.43. The fourth-order valence-corrected chi connectivity index (χ4v) is 2.11. The van der Waals surface area contributed by atoms with Crippen LogP contribution in [0.4, 0.5) is 0 Å². The standard InChI is InChI=1S/C14H16N2O3/c1-16-7-12(15-9-16)14-10(5-6-13(18)19)3-2-4-11(14)8-17/h2-4,7,9,17H,5-6,8H2,1H3,(H,18,19). The highest BCUT2D eigenvalue weighted by Crippen LogP contribution is 2.27. The number of aliphatic carboxylic acids is 1. The van der Waals surface area contributed by atoms with Gasteiger partial charge in [-0.1, -0.05) is 18.2 Å². The summed E-state index contributed by atoms with van der Waals surface area (Å²) in [5.74, 6) is -0.832. The van der Waals surface area contributed by atoms with Crippen LogP contribution in [-0.2, 0) is 24.9 Å². The van der Waals surface area contributed by atoms with Crippen LogP contribution in [-0.4, -0.2) is 25.7 Å². The van der Waals surface area contributed by atoms with Gasteiger partial charge in [-0.25, -0.2) is 4.98 Å². The Morgan fingerprint density at radius 3 is 2.68 bits per heavy atom. The van der Waals surface area contributed by atoms with E-state index in [-0.39, 0.29) is 13.0 Å². The van der Waals surface area contributed by atoms with E-state index in [9.17, 15) is 9.90 Å². The molecule has 0 spiro atoms. The Morgan fingerprint density at radius 2 is 2.11 bits per heavy atom. The van der Waals surface area contributed by atoms with Crippen LogP contribution >= 0.6 is 0 Å². The summed E-state index contributed by atoms with van der Waals surface area (Å²) in [6.07, 6.45) is 4.03. The van der Waals surface area contributed by atoms with Crippen molar-refractivity contribution < 1.29 is 15.0 Å². The molecule has 2 rings (SSSR count). The molecule has 2 N–H and O–H groups in total. The first-order chi connectivity index (χ1) is 9.11. The zero-order valence-corrected chi connectivity index (χ0v) is 10.7. The van der Waals surface area contributed by atoms with Crippen molar-refractivity contribution in [3.63, 3.8) is 0 Å². The van der Waals surface area contributed by atoms with Crippen molar-refractivity contribution in [1.29, 1.82) is 0 Å². The number of rotatable bonds is 5. The maximum Gasteiger partial charge on any atom is 0.303 e. The van der Waals surface area contributed by atoms with E-state index in [0.29, 0.717) is 6.42 Å². The number of carboxylic acid groups (broad SMARTS) is 1. The Labute approximate surface area is 111 Å². The summed E-state index contributed by atoms with van der Waals surface area (Å²) in [6.45, 7) is -0.0905. The Balaban J connectivity index is 2.45. The molecule has 1 aromatic heterocycles. The van der Waals surface area contributed by atoms with Crippen LogP contribution in [0, 0.1) is 0 Å². The summed E-state index contributed by atoms with van der Waals surface area (Å²) in [7, 11) is 1.87. The SMILES string of the molecule is Cn1cnc(-c2c(CO)cccc2CCC(=O)O)c1. The van der Waals surface area contributed by atoms with E-state index >= 15 is 0 Å². The summed E-state index contributed by atoms with van der Waals surface area (Å²) < 4.78 is 1.82. The molecular formula is C14H16N2O3. The number of aromatic nitrogens is 2. The van der Waals surface area contributed by atoms with Crippen LogP contribution < -0.4 is 0 Å². The summed E-state index contributed by atoms with van der Waals surface area (Å²) >= 11 is 0. The zero-order valence-electron chi connectivity index (χ0n) is 10.7. The van der Waals surface area contributed by atoms with Crippen LogP contribution in [0.25, 0.3) is 11.3 Å². The van der Waals surface area contributed by atoms with Crippen LogP contribution in [0.1, 0.15) is 17.5 Å². The summed E-state index contributed by atoms with van der Waals surface area (Å²) in [6, 6.07) is 5.54. The monoisotopic (exact) mass is 260 g/mol. The lowest BCUT2D eigenvalue weighted by molar-refractivity contribution is -0.136. The number of benzene rings is 1. The van der Waals surface area contributed by atoms with Crippen LogP contribution in [0.2, 0.25) is 0 Å². The van der Waals surface area contributed by atoms with E-state index in [1.165, 1.54) is 0 Å². The Bertz CT molecular complexity index is 590. The van der Waals surface area contributed by atoms with Gasteiger partial charge in [0.2, 0.25) is 0 Å². The fraction of sp³-hybridized carbons (Fsp3) is 0.286. The second kappa shape index (κ2) is 5.67. The molecule has 5 nitrogen and oxygen atoms in total. The molecule has 1 aromatic carbocycles. The Morgan fingerprint density at radius 1 is 1.37 bits per heavy atom. The molecule has 0 unspecified atom stereocenters. The molecule has 19 heavy (non-hydrogen) atoms. The molecule has 1 heterocycles. The van der Waals surface area contributed by atoms with E-state index < -0.39 is 5.97 Å². The fourth-order valence-electron chi connectivity index (χ4n) is 2.11. The first-order valence-corrected chi connectivity index (χ1v) is 6.03. The molecule has 0 atom stereocenters. The smallest absolute Gasteiger partial charge is 0.303 e. The van der Waals surface area contributed by atoms with Crippen molar-refractivity contribution in [2.45, 2.75) is 19.4 Å². The minimum Gasteiger partial charge on any atom is -0.481 e. The second-order valence-electron chi connectivity index (χ2n) is 4.43. The van der Waals surface area contributed by atoms with Gasteiger partial charge in [-0.05, 0) is 17.5 Å². The van der Waals surface area contributed by atoms with Crippen LogP contribution in [0.5, 0.6) is 0 Å². The predicted octanol–water partition coefficient (Wildman–Crippen LogP) is 1.60. The van der Waals surface area contributed by atoms with Crippen molar-refractivity contribution in [3.8, 4) is 11.3 Å². The van der Waals surface area contributed by atoms with Gasteiger partial charge in [-0.15, -0.1) is 0 Å². The highest BCUT2D eigenvalue weighted by atomic mass is 16.4. The lowest BCUT2D eigenvalue weighted by Gasteiger charge is -2.11. The number of nitrogens with zero attached hydrogens (tertiary/aromatic N) is 2. The first-order valence-electron chi connectivity index (χ1n) is 6.03. The number of aliphatic hydroxyl groups is 1. The van der Waals surface area contributed by atoms with Gasteiger partial charge in [0.25, 0.3) is 0 Å². The van der Waals surface area contributed by atoms with E-state index in [0.717, 1.165) is 22.4 Å². The lowest BCUT2D eigenvalue weighted by Crippen LogP contribution is -2.01. The van der Waals surface area contributed by atoms with Crippen LogP contribution in [0.15, 0.2) is 30.7 Å². The molecule has 0 amide bonds. The number of imidazole rings is 1. The molecule has 0 saturated heterocycles. The minimum absolute atomic E-state index is 0.0642. The molecule has 0 aliphatic heterocycles. The largest absolute Gasteiger partial charge is 0.481 e. The van der Waals surface area contributed by atoms with Gasteiger partial charge in [0.1, 0.15) is 0 Å². The van der Waals surface area contributed by atoms with E-state index in [2.05, 4.69) is 4.98 Å². The Hall–Kier alpha value is -2.14. The summed E-state index contributed by atoms with van der Waals surface area (Å²) in [5, 5.41) is 18.2. The molecule has 2 aromatic rings. The number of aryl methyl sites for hydroxylation is 2. The summed E-state index contributed by atoms with van der Waals surface area (Å²) in [5.41, 5.74) is 3.26. The van der Waals surface area contributed by atoms with Crippen molar-refractivity contribution in [3.05, 3.63) is 41.9 Å². The van der Waals surface area contributed by atoms with E-state index in [1.807, 2.05) is 36.0 Å². The third kappa shape index (κ3) is 3.00. The molecular weight excluding hydrogens is 244 g/mol. The number of aliphatic hydroxyl groups excluding tert-OH is 1. The van der Waals surface area contributed by atoms with Crippen molar-refractivity contribution in [2.24, 2.45) is 7.05 Å². The normalized spacial score (nSPS) is 10.6. The average molecular weight is 260 g/mol. The highest BCUT2D eigenvalue weighted by molar-refractivity contribution is 5.70. The highest BCUT2D eigenvalue weighted by Gasteiger charge is 2.13. The van der Waals surface area contributed by atoms with Gasteiger partial charge >= 0.3 is 5.97 Å². The minimum atomic E-state index is -0.832.